The number of nitrogens with zero attached hydrogens (tertiary/aromatic N) is 1. The van der Waals surface area contributed by atoms with Crippen molar-refractivity contribution < 1.29 is 28.9 Å². The zero-order chi connectivity index (χ0) is 20.7. The molecule has 2 atom stereocenters. The minimum Gasteiger partial charge on any atom is -0.505 e. The van der Waals surface area contributed by atoms with Crippen LogP contribution in [0.1, 0.15) is 24.2 Å². The van der Waals surface area contributed by atoms with E-state index < -0.39 is 35.7 Å². The molecular weight excluding hydrogens is 367 g/mol. The number of amides is 1. The van der Waals surface area contributed by atoms with Crippen molar-refractivity contribution in [3.05, 3.63) is 71.6 Å². The summed E-state index contributed by atoms with van der Waals surface area (Å²) in [6.45, 7) is 1.60. The summed E-state index contributed by atoms with van der Waals surface area (Å²) in [7, 11) is 0. The predicted molar refractivity (Wildman–Crippen MR) is 98.0 cm³/mol. The molecule has 144 valence electrons. The van der Waals surface area contributed by atoms with Crippen molar-refractivity contribution in [2.24, 2.45) is 5.92 Å². The van der Waals surface area contributed by atoms with Gasteiger partial charge in [0.25, 0.3) is 0 Å². The summed E-state index contributed by atoms with van der Waals surface area (Å²) >= 11 is 0. The van der Waals surface area contributed by atoms with Crippen LogP contribution >= 0.6 is 0 Å². The molecule has 0 saturated heterocycles. The largest absolute Gasteiger partial charge is 0.505 e. The Labute approximate surface area is 160 Å². The minimum atomic E-state index is -1.18. The second-order valence-corrected chi connectivity index (χ2v) is 5.91. The van der Waals surface area contributed by atoms with Gasteiger partial charge in [0.15, 0.2) is 11.6 Å². The Morgan fingerprint density at radius 2 is 1.93 bits per heavy atom. The van der Waals surface area contributed by atoms with Crippen LogP contribution in [0.4, 0.5) is 14.9 Å². The summed E-state index contributed by atoms with van der Waals surface area (Å²) in [6, 6.07) is 11.5. The molecule has 0 spiro atoms. The van der Waals surface area contributed by atoms with Crippen molar-refractivity contribution in [2.45, 2.75) is 13.0 Å². The smallest absolute Gasteiger partial charge is 0.412 e. The molecule has 1 amide bonds. The lowest BCUT2D eigenvalue weighted by molar-refractivity contribution is -0.131. The number of benzene rings is 2. The Hall–Kier alpha value is -3.86. The van der Waals surface area contributed by atoms with E-state index in [4.69, 9.17) is 15.1 Å². The van der Waals surface area contributed by atoms with Crippen molar-refractivity contribution in [1.82, 2.24) is 0 Å². The van der Waals surface area contributed by atoms with Crippen molar-refractivity contribution in [2.75, 3.05) is 5.32 Å². The Bertz CT molecular complexity index is 935. The summed E-state index contributed by atoms with van der Waals surface area (Å²) in [6.07, 6.45) is 0.353. The van der Waals surface area contributed by atoms with E-state index in [1.807, 2.05) is 6.07 Å². The first-order valence-electron chi connectivity index (χ1n) is 8.17. The van der Waals surface area contributed by atoms with Crippen LogP contribution in [0.25, 0.3) is 0 Å². The van der Waals surface area contributed by atoms with E-state index in [-0.39, 0.29) is 5.56 Å². The van der Waals surface area contributed by atoms with E-state index in [9.17, 15) is 19.1 Å². The minimum absolute atomic E-state index is 0.243. The first-order valence-corrected chi connectivity index (χ1v) is 8.17. The molecule has 0 bridgehead atoms. The highest BCUT2D eigenvalue weighted by Gasteiger charge is 2.23. The van der Waals surface area contributed by atoms with Crippen molar-refractivity contribution in [3.8, 4) is 11.8 Å². The molecular formula is C20H17FN2O5. The molecule has 7 nitrogen and oxygen atoms in total. The maximum atomic E-state index is 13.7. The number of ether oxygens (including phenoxy) is 1. The SMILES string of the molecule is C[C@H](/C=C/C(=O)O)[C@H](OC(=O)Nc1ccc(C#N)cc1)c1ccc(O)c(F)c1. The maximum absolute atomic E-state index is 13.7. The summed E-state index contributed by atoms with van der Waals surface area (Å²) in [5.74, 6) is -3.23. The average Bonchev–Trinajstić information content (AvgIpc) is 2.67. The van der Waals surface area contributed by atoms with Crippen LogP contribution in [-0.2, 0) is 9.53 Å². The third kappa shape index (κ3) is 5.57. The molecule has 8 heteroatoms. The van der Waals surface area contributed by atoms with Gasteiger partial charge in [0, 0.05) is 17.7 Å². The molecule has 0 aliphatic rings. The van der Waals surface area contributed by atoms with Crippen LogP contribution in [0.2, 0.25) is 0 Å². The molecule has 0 aliphatic heterocycles. The lowest BCUT2D eigenvalue weighted by Crippen LogP contribution is -2.21. The zero-order valence-corrected chi connectivity index (χ0v) is 14.8. The van der Waals surface area contributed by atoms with Crippen molar-refractivity contribution in [1.29, 1.82) is 5.26 Å². The second kappa shape index (κ2) is 9.19. The highest BCUT2D eigenvalue weighted by Crippen LogP contribution is 2.30. The summed E-state index contributed by atoms with van der Waals surface area (Å²) in [4.78, 5) is 23.0. The van der Waals surface area contributed by atoms with Gasteiger partial charge in [-0.05, 0) is 42.0 Å². The average molecular weight is 384 g/mol. The van der Waals surface area contributed by atoms with Gasteiger partial charge in [-0.15, -0.1) is 0 Å². The summed E-state index contributed by atoms with van der Waals surface area (Å²) < 4.78 is 19.1. The molecule has 3 N–H and O–H groups in total. The fourth-order valence-electron chi connectivity index (χ4n) is 2.40. The van der Waals surface area contributed by atoms with Gasteiger partial charge in [-0.2, -0.15) is 5.26 Å². The normalized spacial score (nSPS) is 12.8. The molecule has 28 heavy (non-hydrogen) atoms. The van der Waals surface area contributed by atoms with E-state index in [1.54, 1.807) is 6.92 Å². The standard InChI is InChI=1S/C20H17FN2O5/c1-12(2-9-18(25)26)19(14-5-8-17(24)16(21)10-14)28-20(27)23-15-6-3-13(11-22)4-7-15/h2-10,12,19,24H,1H3,(H,23,27)(H,25,26)/b9-2+/t12-,19+/m1/s1. The number of rotatable bonds is 6. The van der Waals surface area contributed by atoms with Gasteiger partial charge in [0.05, 0.1) is 11.6 Å². The fourth-order valence-corrected chi connectivity index (χ4v) is 2.40. The molecule has 0 saturated carbocycles. The number of nitrogens with one attached hydrogen (secondary N) is 1. The molecule has 2 aromatic rings. The Kier molecular flexibility index (Phi) is 6.71. The zero-order valence-electron chi connectivity index (χ0n) is 14.8. The number of anilines is 1. The first kappa shape index (κ1) is 20.5. The Balaban J connectivity index is 2.22. The molecule has 0 unspecified atom stereocenters. The van der Waals surface area contributed by atoms with Gasteiger partial charge >= 0.3 is 12.1 Å². The molecule has 2 aromatic carbocycles. The number of phenols is 1. The number of aliphatic carboxylic acids is 1. The first-order chi connectivity index (χ1) is 13.3. The molecule has 0 fully saturated rings. The van der Waals surface area contributed by atoms with Gasteiger partial charge < -0.3 is 14.9 Å². The van der Waals surface area contributed by atoms with Gasteiger partial charge in [-0.1, -0.05) is 19.1 Å². The Morgan fingerprint density at radius 3 is 2.50 bits per heavy atom. The number of carbonyl (C=O) groups excluding carboxylic acids is 1. The summed E-state index contributed by atoms with van der Waals surface area (Å²) in [5.41, 5.74) is 1.05. The van der Waals surface area contributed by atoms with Crippen LogP contribution in [0.5, 0.6) is 5.75 Å². The number of carboxylic acid groups (broad SMARTS) is 1. The monoisotopic (exact) mass is 384 g/mol. The van der Waals surface area contributed by atoms with Crippen LogP contribution in [0.15, 0.2) is 54.6 Å². The van der Waals surface area contributed by atoms with Crippen LogP contribution in [0.3, 0.4) is 0 Å². The van der Waals surface area contributed by atoms with Crippen molar-refractivity contribution >= 4 is 17.7 Å². The number of carboxylic acids is 1. The fraction of sp³-hybridized carbons (Fsp3) is 0.150. The van der Waals surface area contributed by atoms with Gasteiger partial charge in [-0.25, -0.2) is 14.0 Å². The van der Waals surface area contributed by atoms with Gasteiger partial charge in [0.2, 0.25) is 0 Å². The predicted octanol–water partition coefficient (Wildman–Crippen LogP) is 3.97. The number of carbonyl (C=O) groups is 2. The van der Waals surface area contributed by atoms with E-state index in [1.165, 1.54) is 36.4 Å². The molecule has 2 rings (SSSR count). The van der Waals surface area contributed by atoms with E-state index in [0.29, 0.717) is 11.3 Å². The number of hydrogen-bond donors (Lipinski definition) is 3. The third-order valence-electron chi connectivity index (χ3n) is 3.81. The van der Waals surface area contributed by atoms with E-state index in [0.717, 1.165) is 18.2 Å². The lowest BCUT2D eigenvalue weighted by Gasteiger charge is -2.23. The highest BCUT2D eigenvalue weighted by molar-refractivity contribution is 5.85. The van der Waals surface area contributed by atoms with Crippen LogP contribution in [-0.4, -0.2) is 22.3 Å². The molecule has 0 aliphatic carbocycles. The summed E-state index contributed by atoms with van der Waals surface area (Å²) in [5, 5.41) is 29.4. The second-order valence-electron chi connectivity index (χ2n) is 5.91. The lowest BCUT2D eigenvalue weighted by atomic mass is 9.96. The highest BCUT2D eigenvalue weighted by atomic mass is 19.1. The van der Waals surface area contributed by atoms with E-state index in [2.05, 4.69) is 5.32 Å². The number of halogens is 1. The van der Waals surface area contributed by atoms with Crippen LogP contribution in [0, 0.1) is 23.1 Å². The van der Waals surface area contributed by atoms with Crippen LogP contribution < -0.4 is 5.32 Å². The Morgan fingerprint density at radius 1 is 1.25 bits per heavy atom. The quantitative estimate of drug-likeness (QED) is 0.648. The molecule has 0 aromatic heterocycles. The van der Waals surface area contributed by atoms with Crippen molar-refractivity contribution in [3.63, 3.8) is 0 Å². The topological polar surface area (TPSA) is 120 Å². The van der Waals surface area contributed by atoms with E-state index >= 15 is 0 Å². The number of nitriles is 1. The number of phenolic OH excluding ortho intramolecular Hbond substituents is 1. The molecule has 0 heterocycles. The number of aromatic hydroxyl groups is 1. The third-order valence-corrected chi connectivity index (χ3v) is 3.81. The molecule has 0 radical (unpaired) electrons. The van der Waals surface area contributed by atoms with Gasteiger partial charge in [-0.3, -0.25) is 5.32 Å². The maximum Gasteiger partial charge on any atom is 0.412 e. The van der Waals surface area contributed by atoms with Gasteiger partial charge in [0.1, 0.15) is 6.10 Å². The number of hydrogen-bond acceptors (Lipinski definition) is 5.